The van der Waals surface area contributed by atoms with Crippen molar-refractivity contribution in [1.29, 1.82) is 0 Å². The molecule has 1 saturated carbocycles. The van der Waals surface area contributed by atoms with Crippen LogP contribution in [-0.4, -0.2) is 31.0 Å². The highest BCUT2D eigenvalue weighted by atomic mass is 16.5. The van der Waals surface area contributed by atoms with Crippen LogP contribution in [0.4, 0.5) is 5.69 Å². The van der Waals surface area contributed by atoms with E-state index in [2.05, 4.69) is 13.8 Å². The molecule has 0 aromatic heterocycles. The summed E-state index contributed by atoms with van der Waals surface area (Å²) in [5, 5.41) is 0. The van der Waals surface area contributed by atoms with Gasteiger partial charge in [-0.25, -0.2) is 0 Å². The Kier molecular flexibility index (Phi) is 4.45. The molecule has 4 heteroatoms. The summed E-state index contributed by atoms with van der Waals surface area (Å²) < 4.78 is 6.02. The molecule has 0 heterocycles. The number of nitrogen functional groups attached to an aromatic ring is 1. The van der Waals surface area contributed by atoms with Gasteiger partial charge in [-0.15, -0.1) is 0 Å². The smallest absolute Gasteiger partial charge is 0.253 e. The lowest BCUT2D eigenvalue weighted by Crippen LogP contribution is -2.28. The minimum Gasteiger partial charge on any atom is -0.488 e. The van der Waals surface area contributed by atoms with Crippen LogP contribution in [0.3, 0.4) is 0 Å². The molecule has 0 aliphatic heterocycles. The van der Waals surface area contributed by atoms with Gasteiger partial charge < -0.3 is 15.4 Å². The van der Waals surface area contributed by atoms with Crippen LogP contribution in [0.1, 0.15) is 49.9 Å². The van der Waals surface area contributed by atoms with E-state index in [1.165, 1.54) is 12.8 Å². The fourth-order valence-electron chi connectivity index (χ4n) is 2.72. The minimum absolute atomic E-state index is 0.0485. The third kappa shape index (κ3) is 3.90. The number of rotatable bonds is 3. The van der Waals surface area contributed by atoms with Gasteiger partial charge in [-0.3, -0.25) is 4.79 Å². The van der Waals surface area contributed by atoms with Gasteiger partial charge in [0.1, 0.15) is 5.75 Å². The van der Waals surface area contributed by atoms with Crippen molar-refractivity contribution in [3.63, 3.8) is 0 Å². The van der Waals surface area contributed by atoms with E-state index in [4.69, 9.17) is 10.5 Å². The Morgan fingerprint density at radius 1 is 1.29 bits per heavy atom. The van der Waals surface area contributed by atoms with E-state index in [0.717, 1.165) is 12.8 Å². The Morgan fingerprint density at radius 3 is 2.43 bits per heavy atom. The second kappa shape index (κ2) is 5.96. The number of benzene rings is 1. The topological polar surface area (TPSA) is 55.6 Å². The summed E-state index contributed by atoms with van der Waals surface area (Å²) in [6.45, 7) is 4.61. The molecule has 0 atom stereocenters. The molecule has 0 spiro atoms. The molecule has 21 heavy (non-hydrogen) atoms. The highest BCUT2D eigenvalue weighted by molar-refractivity contribution is 5.95. The highest BCUT2D eigenvalue weighted by Gasteiger charge is 2.28. The summed E-state index contributed by atoms with van der Waals surface area (Å²) in [5.74, 6) is 0.641. The quantitative estimate of drug-likeness (QED) is 0.869. The van der Waals surface area contributed by atoms with E-state index >= 15 is 0 Å². The van der Waals surface area contributed by atoms with E-state index in [-0.39, 0.29) is 12.0 Å². The normalized spacial score (nSPS) is 18.3. The molecule has 1 fully saturated rings. The Labute approximate surface area is 127 Å². The molecule has 1 aliphatic carbocycles. The van der Waals surface area contributed by atoms with Crippen LogP contribution in [0.15, 0.2) is 18.2 Å². The van der Waals surface area contributed by atoms with Crippen molar-refractivity contribution < 1.29 is 9.53 Å². The SMILES string of the molecule is CN(C)C(=O)c1ccc(OC2CCC(C)(C)CC2)c(N)c1. The van der Waals surface area contributed by atoms with Gasteiger partial charge in [0.25, 0.3) is 5.91 Å². The van der Waals surface area contributed by atoms with E-state index in [9.17, 15) is 4.79 Å². The van der Waals surface area contributed by atoms with Gasteiger partial charge in [-0.05, 0) is 49.3 Å². The van der Waals surface area contributed by atoms with Crippen LogP contribution in [0, 0.1) is 5.41 Å². The number of carbonyl (C=O) groups excluding carboxylic acids is 1. The third-order valence-electron chi connectivity index (χ3n) is 4.24. The van der Waals surface area contributed by atoms with Gasteiger partial charge >= 0.3 is 0 Å². The molecule has 0 bridgehead atoms. The summed E-state index contributed by atoms with van der Waals surface area (Å²) >= 11 is 0. The lowest BCUT2D eigenvalue weighted by molar-refractivity contribution is 0.0827. The molecule has 0 unspecified atom stereocenters. The second-order valence-electron chi connectivity index (χ2n) is 6.93. The second-order valence-corrected chi connectivity index (χ2v) is 6.93. The fourth-order valence-corrected chi connectivity index (χ4v) is 2.72. The van der Waals surface area contributed by atoms with Gasteiger partial charge in [0, 0.05) is 19.7 Å². The molecule has 116 valence electrons. The number of nitrogens with two attached hydrogens (primary N) is 1. The zero-order valence-corrected chi connectivity index (χ0v) is 13.5. The van der Waals surface area contributed by atoms with Crippen molar-refractivity contribution in [3.8, 4) is 5.75 Å². The first-order valence-corrected chi connectivity index (χ1v) is 7.56. The maximum atomic E-state index is 11.9. The molecule has 1 aromatic rings. The third-order valence-corrected chi connectivity index (χ3v) is 4.24. The van der Waals surface area contributed by atoms with Crippen LogP contribution in [0.2, 0.25) is 0 Å². The predicted molar refractivity (Wildman–Crippen MR) is 85.5 cm³/mol. The number of anilines is 1. The first-order valence-electron chi connectivity index (χ1n) is 7.56. The van der Waals surface area contributed by atoms with Gasteiger partial charge in [-0.1, -0.05) is 13.8 Å². The van der Waals surface area contributed by atoms with Gasteiger partial charge in [-0.2, -0.15) is 0 Å². The van der Waals surface area contributed by atoms with Gasteiger partial charge in [0.05, 0.1) is 11.8 Å². The maximum Gasteiger partial charge on any atom is 0.253 e. The summed E-state index contributed by atoms with van der Waals surface area (Å²) in [4.78, 5) is 13.4. The van der Waals surface area contributed by atoms with Crippen LogP contribution >= 0.6 is 0 Å². The zero-order chi connectivity index (χ0) is 15.6. The Morgan fingerprint density at radius 2 is 1.90 bits per heavy atom. The summed E-state index contributed by atoms with van der Waals surface area (Å²) in [7, 11) is 3.46. The van der Waals surface area contributed by atoms with Crippen LogP contribution < -0.4 is 10.5 Å². The Bertz CT molecular complexity index is 514. The van der Waals surface area contributed by atoms with Crippen molar-refractivity contribution in [2.75, 3.05) is 19.8 Å². The first kappa shape index (κ1) is 15.7. The van der Waals surface area contributed by atoms with E-state index in [1.54, 1.807) is 31.1 Å². The number of carbonyl (C=O) groups is 1. The van der Waals surface area contributed by atoms with Crippen LogP contribution in [0.25, 0.3) is 0 Å². The van der Waals surface area contributed by atoms with Crippen molar-refractivity contribution in [2.24, 2.45) is 5.41 Å². The van der Waals surface area contributed by atoms with Crippen molar-refractivity contribution in [3.05, 3.63) is 23.8 Å². The van der Waals surface area contributed by atoms with Crippen LogP contribution in [0.5, 0.6) is 5.75 Å². The molecule has 4 nitrogen and oxygen atoms in total. The molecule has 1 aromatic carbocycles. The minimum atomic E-state index is -0.0485. The summed E-state index contributed by atoms with van der Waals surface area (Å²) in [6.07, 6.45) is 4.70. The van der Waals surface area contributed by atoms with Crippen LogP contribution in [-0.2, 0) is 0 Å². The number of nitrogens with zero attached hydrogens (tertiary/aromatic N) is 1. The number of amides is 1. The zero-order valence-electron chi connectivity index (χ0n) is 13.5. The first-order chi connectivity index (χ1) is 9.78. The highest BCUT2D eigenvalue weighted by Crippen LogP contribution is 2.37. The Hall–Kier alpha value is -1.71. The molecule has 0 saturated heterocycles. The van der Waals surface area contributed by atoms with E-state index < -0.39 is 0 Å². The molecular formula is C17H26N2O2. The Balaban J connectivity index is 2.03. The number of hydrogen-bond acceptors (Lipinski definition) is 3. The van der Waals surface area contributed by atoms with Gasteiger partial charge in [0.2, 0.25) is 0 Å². The lowest BCUT2D eigenvalue weighted by atomic mass is 9.76. The molecular weight excluding hydrogens is 264 g/mol. The fraction of sp³-hybridized carbons (Fsp3) is 0.588. The molecule has 2 N–H and O–H groups in total. The number of ether oxygens (including phenoxy) is 1. The monoisotopic (exact) mass is 290 g/mol. The van der Waals surface area contributed by atoms with Crippen molar-refractivity contribution >= 4 is 11.6 Å². The largest absolute Gasteiger partial charge is 0.488 e. The van der Waals surface area contributed by atoms with Crippen molar-refractivity contribution in [1.82, 2.24) is 4.90 Å². The maximum absolute atomic E-state index is 11.9. The summed E-state index contributed by atoms with van der Waals surface area (Å²) in [5.41, 5.74) is 7.59. The van der Waals surface area contributed by atoms with E-state index in [0.29, 0.717) is 22.4 Å². The van der Waals surface area contributed by atoms with Gasteiger partial charge in [0.15, 0.2) is 0 Å². The summed E-state index contributed by atoms with van der Waals surface area (Å²) in [6, 6.07) is 5.29. The molecule has 1 aliphatic rings. The van der Waals surface area contributed by atoms with Crippen molar-refractivity contribution in [2.45, 2.75) is 45.6 Å². The lowest BCUT2D eigenvalue weighted by Gasteiger charge is -2.34. The molecule has 0 radical (unpaired) electrons. The molecule has 2 rings (SSSR count). The standard InChI is InChI=1S/C17H26N2O2/c1-17(2)9-7-13(8-10-17)21-15-6-5-12(11-14(15)18)16(20)19(3)4/h5-6,11,13H,7-10,18H2,1-4H3. The average Bonchev–Trinajstić information content (AvgIpc) is 2.42. The average molecular weight is 290 g/mol. The van der Waals surface area contributed by atoms with E-state index in [1.807, 2.05) is 6.07 Å². The number of hydrogen-bond donors (Lipinski definition) is 1. The predicted octanol–water partition coefficient (Wildman–Crippen LogP) is 3.32. The molecule has 1 amide bonds.